The average molecular weight is 573 g/mol. The number of rotatable bonds is 22. The summed E-state index contributed by atoms with van der Waals surface area (Å²) in [5.74, 6) is -4.07. The van der Waals surface area contributed by atoms with Crippen LogP contribution in [0.4, 0.5) is 0 Å². The van der Waals surface area contributed by atoms with E-state index < -0.39 is 23.9 Å². The monoisotopic (exact) mass is 572 g/mol. The van der Waals surface area contributed by atoms with Crippen LogP contribution in [0.15, 0.2) is 0 Å². The number of amides is 2. The van der Waals surface area contributed by atoms with Gasteiger partial charge in [0.2, 0.25) is 11.8 Å². The molecule has 0 atom stereocenters. The second-order valence-corrected chi connectivity index (χ2v) is 10.1. The predicted molar refractivity (Wildman–Crippen MR) is 143 cm³/mol. The first-order valence-corrected chi connectivity index (χ1v) is 13.8. The Morgan fingerprint density at radius 3 is 1.00 bits per heavy atom. The molecule has 14 nitrogen and oxygen atoms in total. The molecule has 1 fully saturated rings. The molecule has 6 N–H and O–H groups in total. The summed E-state index contributed by atoms with van der Waals surface area (Å²) in [6.45, 7) is 1.79. The van der Waals surface area contributed by atoms with E-state index in [1.54, 1.807) is 9.80 Å². The Balaban J connectivity index is 2.28. The first kappa shape index (κ1) is 34.8. The molecule has 0 unspecified atom stereocenters. The summed E-state index contributed by atoms with van der Waals surface area (Å²) in [5.41, 5.74) is 0. The summed E-state index contributed by atoms with van der Waals surface area (Å²) in [6, 6.07) is 0.0145. The maximum Gasteiger partial charge on any atom is 0.304 e. The molecule has 0 saturated heterocycles. The molecule has 0 aromatic carbocycles. The van der Waals surface area contributed by atoms with Gasteiger partial charge in [0.1, 0.15) is 0 Å². The lowest BCUT2D eigenvalue weighted by atomic mass is 9.91. The van der Waals surface area contributed by atoms with Gasteiger partial charge in [-0.1, -0.05) is 0 Å². The molecular formula is C26H44N4O10. The van der Waals surface area contributed by atoms with Gasteiger partial charge in [-0.3, -0.25) is 28.8 Å². The van der Waals surface area contributed by atoms with Crippen LogP contribution in [0.25, 0.3) is 0 Å². The van der Waals surface area contributed by atoms with Crippen molar-refractivity contribution in [1.29, 1.82) is 0 Å². The Hall–Kier alpha value is -3.26. The van der Waals surface area contributed by atoms with Gasteiger partial charge in [-0.05, 0) is 51.6 Å². The first-order chi connectivity index (χ1) is 18.9. The molecule has 0 radical (unpaired) electrons. The lowest BCUT2D eigenvalue weighted by Gasteiger charge is -2.30. The van der Waals surface area contributed by atoms with Gasteiger partial charge >= 0.3 is 23.9 Å². The molecule has 0 aromatic heterocycles. The summed E-state index contributed by atoms with van der Waals surface area (Å²) in [7, 11) is 0. The van der Waals surface area contributed by atoms with Crippen molar-refractivity contribution in [3.05, 3.63) is 0 Å². The van der Waals surface area contributed by atoms with Crippen molar-refractivity contribution in [3.63, 3.8) is 0 Å². The van der Waals surface area contributed by atoms with Gasteiger partial charge in [0.05, 0.1) is 25.7 Å². The first-order valence-electron chi connectivity index (χ1n) is 13.8. The fourth-order valence-corrected chi connectivity index (χ4v) is 4.59. The molecule has 1 aliphatic carbocycles. The third-order valence-electron chi connectivity index (χ3n) is 6.78. The molecule has 1 saturated carbocycles. The van der Waals surface area contributed by atoms with E-state index in [-0.39, 0.29) is 88.6 Å². The Labute approximate surface area is 234 Å². The van der Waals surface area contributed by atoms with E-state index >= 15 is 0 Å². The summed E-state index contributed by atoms with van der Waals surface area (Å²) >= 11 is 0. The number of carboxylic acids is 4. The van der Waals surface area contributed by atoms with Gasteiger partial charge in [0.15, 0.2) is 0 Å². The van der Waals surface area contributed by atoms with E-state index in [0.29, 0.717) is 25.9 Å². The Morgan fingerprint density at radius 1 is 0.475 bits per heavy atom. The fraction of sp³-hybridized carbons (Fsp3) is 0.769. The van der Waals surface area contributed by atoms with E-state index in [4.69, 9.17) is 20.4 Å². The van der Waals surface area contributed by atoms with Crippen LogP contribution in [-0.4, -0.2) is 117 Å². The second-order valence-electron chi connectivity index (χ2n) is 10.1. The molecule has 40 heavy (non-hydrogen) atoms. The zero-order valence-electron chi connectivity index (χ0n) is 23.0. The smallest absolute Gasteiger partial charge is 0.304 e. The number of hydrogen-bond acceptors (Lipinski definition) is 8. The number of carboxylic acid groups (broad SMARTS) is 4. The summed E-state index contributed by atoms with van der Waals surface area (Å²) < 4.78 is 0. The Bertz CT molecular complexity index is 741. The highest BCUT2D eigenvalue weighted by molar-refractivity contribution is 5.77. The minimum Gasteiger partial charge on any atom is -0.481 e. The van der Waals surface area contributed by atoms with Crippen molar-refractivity contribution in [2.24, 2.45) is 0 Å². The number of carbonyl (C=O) groups excluding carboxylic acids is 2. The fourth-order valence-electron chi connectivity index (χ4n) is 4.59. The van der Waals surface area contributed by atoms with Gasteiger partial charge in [-0.25, -0.2) is 0 Å². The standard InChI is InChI=1S/C26H44N4O10/c31-21(3-1-13-29(15-9-23(33)34)16-10-24(35)36)27-19-5-7-20(8-6-19)28-22(32)4-2-14-30(17-11-25(37)38)18-12-26(39)40/h19-20H,1-18H2,(H,27,31)(H,28,32)(H,33,34)(H,35,36)(H,37,38)(H,39,40)/t19-,20-. The third kappa shape index (κ3) is 18.1. The van der Waals surface area contributed by atoms with Crippen LogP contribution in [0, 0.1) is 0 Å². The van der Waals surface area contributed by atoms with Crippen molar-refractivity contribution in [1.82, 2.24) is 20.4 Å². The number of carbonyl (C=O) groups is 6. The second kappa shape index (κ2) is 19.7. The lowest BCUT2D eigenvalue weighted by molar-refractivity contribution is -0.139. The maximum absolute atomic E-state index is 12.4. The molecule has 1 rings (SSSR count). The van der Waals surface area contributed by atoms with Gasteiger partial charge in [-0.15, -0.1) is 0 Å². The molecule has 0 aliphatic heterocycles. The molecular weight excluding hydrogens is 528 g/mol. The van der Waals surface area contributed by atoms with E-state index in [0.717, 1.165) is 25.7 Å². The summed E-state index contributed by atoms with van der Waals surface area (Å²) in [4.78, 5) is 71.5. The topological polar surface area (TPSA) is 214 Å². The normalized spacial score (nSPS) is 16.9. The number of hydrogen-bond donors (Lipinski definition) is 6. The summed E-state index contributed by atoms with van der Waals surface area (Å²) in [6.07, 6.45) is 3.99. The molecule has 0 bridgehead atoms. The SMILES string of the molecule is O=C(O)CCN(CCCC(=O)N[C@H]1CC[C@H](NC(=O)CCCN(CCC(=O)O)CCC(=O)O)CC1)CCC(=O)O. The minimum absolute atomic E-state index is 0.00723. The molecule has 2 amide bonds. The van der Waals surface area contributed by atoms with Crippen molar-refractivity contribution in [2.45, 2.75) is 89.1 Å². The number of aliphatic carboxylic acids is 4. The maximum atomic E-state index is 12.4. The molecule has 228 valence electrons. The van der Waals surface area contributed by atoms with Crippen LogP contribution < -0.4 is 10.6 Å². The average Bonchev–Trinajstić information content (AvgIpc) is 2.87. The summed E-state index contributed by atoms with van der Waals surface area (Å²) in [5, 5.41) is 41.5. The Morgan fingerprint density at radius 2 is 0.750 bits per heavy atom. The van der Waals surface area contributed by atoms with Crippen LogP contribution in [0.3, 0.4) is 0 Å². The van der Waals surface area contributed by atoms with Crippen LogP contribution in [0.5, 0.6) is 0 Å². The van der Waals surface area contributed by atoms with E-state index in [9.17, 15) is 28.8 Å². The van der Waals surface area contributed by atoms with Gasteiger partial charge in [0, 0.05) is 51.1 Å². The van der Waals surface area contributed by atoms with Crippen molar-refractivity contribution < 1.29 is 49.2 Å². The highest BCUT2D eigenvalue weighted by Gasteiger charge is 2.23. The van der Waals surface area contributed by atoms with Crippen LogP contribution in [0.1, 0.15) is 77.0 Å². The molecule has 0 aromatic rings. The van der Waals surface area contributed by atoms with Gasteiger partial charge in [0.25, 0.3) is 0 Å². The highest BCUT2D eigenvalue weighted by atomic mass is 16.4. The van der Waals surface area contributed by atoms with E-state index in [1.807, 2.05) is 0 Å². The zero-order chi connectivity index (χ0) is 29.9. The van der Waals surface area contributed by atoms with E-state index in [1.165, 1.54) is 0 Å². The largest absolute Gasteiger partial charge is 0.481 e. The molecule has 14 heteroatoms. The van der Waals surface area contributed by atoms with Crippen LogP contribution >= 0.6 is 0 Å². The minimum atomic E-state index is -0.961. The van der Waals surface area contributed by atoms with Crippen molar-refractivity contribution in [2.75, 3.05) is 39.3 Å². The highest BCUT2D eigenvalue weighted by Crippen LogP contribution is 2.19. The van der Waals surface area contributed by atoms with Crippen molar-refractivity contribution in [3.8, 4) is 0 Å². The third-order valence-corrected chi connectivity index (χ3v) is 6.78. The molecule has 0 heterocycles. The van der Waals surface area contributed by atoms with E-state index in [2.05, 4.69) is 10.6 Å². The molecule has 1 aliphatic rings. The van der Waals surface area contributed by atoms with Crippen molar-refractivity contribution >= 4 is 35.7 Å². The van der Waals surface area contributed by atoms with Gasteiger partial charge < -0.3 is 40.9 Å². The lowest BCUT2D eigenvalue weighted by Crippen LogP contribution is -2.44. The van der Waals surface area contributed by atoms with Crippen LogP contribution in [-0.2, 0) is 28.8 Å². The number of nitrogens with zero attached hydrogens (tertiary/aromatic N) is 2. The van der Waals surface area contributed by atoms with Gasteiger partial charge in [-0.2, -0.15) is 0 Å². The molecule has 0 spiro atoms. The zero-order valence-corrected chi connectivity index (χ0v) is 23.0. The predicted octanol–water partition coefficient (Wildman–Crippen LogP) is 0.593. The quantitative estimate of drug-likeness (QED) is 0.105. The number of nitrogens with one attached hydrogen (secondary N) is 2. The van der Waals surface area contributed by atoms with Crippen LogP contribution in [0.2, 0.25) is 0 Å². The Kier molecular flexibility index (Phi) is 17.2.